The van der Waals surface area contributed by atoms with E-state index < -0.39 is 0 Å². The van der Waals surface area contributed by atoms with Crippen LogP contribution in [0.5, 0.6) is 11.5 Å². The molecule has 1 aliphatic rings. The zero-order chi connectivity index (χ0) is 14.5. The highest BCUT2D eigenvalue weighted by Crippen LogP contribution is 2.35. The van der Waals surface area contributed by atoms with Gasteiger partial charge < -0.3 is 19.7 Å². The topological polar surface area (TPSA) is 83.4 Å². The number of aryl methyl sites for hydroxylation is 1. The number of benzene rings is 1. The van der Waals surface area contributed by atoms with E-state index in [9.17, 15) is 0 Å². The lowest BCUT2D eigenvalue weighted by atomic mass is 10.2. The first-order valence-corrected chi connectivity index (χ1v) is 7.28. The van der Waals surface area contributed by atoms with Gasteiger partial charge in [0.15, 0.2) is 17.6 Å². The van der Waals surface area contributed by atoms with Crippen LogP contribution in [0.2, 0.25) is 0 Å². The van der Waals surface area contributed by atoms with Crippen LogP contribution in [-0.2, 0) is 6.42 Å². The summed E-state index contributed by atoms with van der Waals surface area (Å²) in [6.45, 7) is 1.12. The molecule has 0 radical (unpaired) electrons. The largest absolute Gasteiger partial charge is 0.485 e. The summed E-state index contributed by atoms with van der Waals surface area (Å²) in [5.74, 6) is 2.64. The normalized spacial score (nSPS) is 16.9. The Labute approximate surface area is 123 Å². The Hall–Kier alpha value is -2.08. The van der Waals surface area contributed by atoms with E-state index in [4.69, 9.17) is 19.7 Å². The zero-order valence-corrected chi connectivity index (χ0v) is 11.8. The summed E-state index contributed by atoms with van der Waals surface area (Å²) in [4.78, 5) is 4.39. The van der Waals surface area contributed by atoms with Crippen molar-refractivity contribution in [1.82, 2.24) is 10.1 Å². The summed E-state index contributed by atoms with van der Waals surface area (Å²) >= 11 is 0. The highest BCUT2D eigenvalue weighted by atomic mass is 16.6. The fourth-order valence-corrected chi connectivity index (χ4v) is 2.24. The Kier molecular flexibility index (Phi) is 4.35. The van der Waals surface area contributed by atoms with Crippen molar-refractivity contribution in [2.45, 2.75) is 31.8 Å². The minimum Gasteiger partial charge on any atom is -0.485 e. The van der Waals surface area contributed by atoms with Crippen molar-refractivity contribution in [2.24, 2.45) is 5.73 Å². The van der Waals surface area contributed by atoms with Crippen LogP contribution in [0.1, 0.15) is 37.1 Å². The van der Waals surface area contributed by atoms with Crippen LogP contribution >= 0.6 is 0 Å². The molecule has 112 valence electrons. The monoisotopic (exact) mass is 289 g/mol. The number of hydrogen-bond donors (Lipinski definition) is 1. The number of aromatic nitrogens is 2. The second-order valence-electron chi connectivity index (χ2n) is 5.01. The van der Waals surface area contributed by atoms with Gasteiger partial charge in [0.25, 0.3) is 0 Å². The van der Waals surface area contributed by atoms with E-state index in [0.717, 1.165) is 38.0 Å². The Balaban J connectivity index is 1.59. The Morgan fingerprint density at radius 1 is 1.14 bits per heavy atom. The molecule has 0 saturated heterocycles. The maximum absolute atomic E-state index is 5.85. The third-order valence-corrected chi connectivity index (χ3v) is 3.38. The summed E-state index contributed by atoms with van der Waals surface area (Å²) in [7, 11) is 0. The molecule has 0 saturated carbocycles. The van der Waals surface area contributed by atoms with Crippen LogP contribution in [0.4, 0.5) is 0 Å². The summed E-state index contributed by atoms with van der Waals surface area (Å²) < 4.78 is 16.8. The van der Waals surface area contributed by atoms with Crippen LogP contribution in [0.25, 0.3) is 0 Å². The minimum absolute atomic E-state index is 0.318. The van der Waals surface area contributed by atoms with Gasteiger partial charge in [0.1, 0.15) is 6.61 Å². The number of nitrogens with zero attached hydrogens (tertiary/aromatic N) is 2. The molecule has 0 aliphatic carbocycles. The Morgan fingerprint density at radius 2 is 2.00 bits per heavy atom. The van der Waals surface area contributed by atoms with Crippen molar-refractivity contribution in [3.05, 3.63) is 36.0 Å². The highest BCUT2D eigenvalue weighted by Gasteiger charge is 2.26. The molecule has 0 bridgehead atoms. The maximum Gasteiger partial charge on any atom is 0.226 e. The lowest BCUT2D eigenvalue weighted by Crippen LogP contribution is -2.22. The molecule has 2 N–H and O–H groups in total. The van der Waals surface area contributed by atoms with E-state index in [0.29, 0.717) is 24.1 Å². The molecule has 6 heteroatoms. The fourth-order valence-electron chi connectivity index (χ4n) is 2.24. The summed E-state index contributed by atoms with van der Waals surface area (Å²) in [6, 6.07) is 7.57. The summed E-state index contributed by atoms with van der Waals surface area (Å²) in [6.07, 6.45) is 3.56. The van der Waals surface area contributed by atoms with E-state index in [1.54, 1.807) is 0 Å². The standard InChI is InChI=1S/C15H19N3O3/c16-9-5-1-2-8-14-17-15(18-21-14)13-10-19-11-6-3-4-7-12(11)20-13/h3-4,6-7,13H,1-2,5,8-10,16H2. The Morgan fingerprint density at radius 3 is 2.86 bits per heavy atom. The van der Waals surface area contributed by atoms with Crippen LogP contribution in [-0.4, -0.2) is 23.3 Å². The van der Waals surface area contributed by atoms with Gasteiger partial charge >= 0.3 is 0 Å². The molecule has 1 atom stereocenters. The molecule has 2 heterocycles. The van der Waals surface area contributed by atoms with Gasteiger partial charge in [-0.05, 0) is 31.5 Å². The van der Waals surface area contributed by atoms with Crippen molar-refractivity contribution in [3.63, 3.8) is 0 Å². The molecule has 0 amide bonds. The van der Waals surface area contributed by atoms with Crippen LogP contribution in [0.3, 0.4) is 0 Å². The maximum atomic E-state index is 5.85. The van der Waals surface area contributed by atoms with Crippen LogP contribution in [0.15, 0.2) is 28.8 Å². The van der Waals surface area contributed by atoms with Crippen LogP contribution < -0.4 is 15.2 Å². The number of para-hydroxylation sites is 2. The SMILES string of the molecule is NCCCCCc1nc(C2COc3ccccc3O2)no1. The number of fused-ring (bicyclic) bond motifs is 1. The fraction of sp³-hybridized carbons (Fsp3) is 0.467. The van der Waals surface area contributed by atoms with Crippen molar-refractivity contribution in [2.75, 3.05) is 13.2 Å². The predicted octanol–water partition coefficient (Wildman–Crippen LogP) is 2.25. The predicted molar refractivity (Wildman–Crippen MR) is 76.2 cm³/mol. The van der Waals surface area contributed by atoms with Gasteiger partial charge in [-0.25, -0.2) is 0 Å². The average Bonchev–Trinajstić information content (AvgIpc) is 3.00. The molecular formula is C15H19N3O3. The number of hydrogen-bond acceptors (Lipinski definition) is 6. The minimum atomic E-state index is -0.318. The molecule has 0 spiro atoms. The lowest BCUT2D eigenvalue weighted by Gasteiger charge is -2.24. The van der Waals surface area contributed by atoms with Crippen molar-refractivity contribution >= 4 is 0 Å². The van der Waals surface area contributed by atoms with Gasteiger partial charge in [-0.15, -0.1) is 0 Å². The quantitative estimate of drug-likeness (QED) is 0.821. The van der Waals surface area contributed by atoms with Gasteiger partial charge in [0, 0.05) is 6.42 Å². The third-order valence-electron chi connectivity index (χ3n) is 3.38. The number of ether oxygens (including phenoxy) is 2. The third kappa shape index (κ3) is 3.33. The lowest BCUT2D eigenvalue weighted by molar-refractivity contribution is 0.0832. The molecule has 1 aromatic heterocycles. The van der Waals surface area contributed by atoms with Crippen molar-refractivity contribution in [1.29, 1.82) is 0 Å². The molecule has 2 aromatic rings. The molecule has 1 unspecified atom stereocenters. The number of nitrogens with two attached hydrogens (primary N) is 1. The smallest absolute Gasteiger partial charge is 0.226 e. The van der Waals surface area contributed by atoms with Gasteiger partial charge in [0.05, 0.1) is 0 Å². The van der Waals surface area contributed by atoms with Crippen molar-refractivity contribution in [3.8, 4) is 11.5 Å². The first-order valence-electron chi connectivity index (χ1n) is 7.28. The second-order valence-corrected chi connectivity index (χ2v) is 5.01. The zero-order valence-electron chi connectivity index (χ0n) is 11.8. The van der Waals surface area contributed by atoms with Gasteiger partial charge in [-0.1, -0.05) is 23.7 Å². The van der Waals surface area contributed by atoms with E-state index in [-0.39, 0.29) is 6.10 Å². The number of rotatable bonds is 6. The highest BCUT2D eigenvalue weighted by molar-refractivity contribution is 5.40. The second kappa shape index (κ2) is 6.58. The summed E-state index contributed by atoms with van der Waals surface area (Å²) in [5.41, 5.74) is 5.47. The van der Waals surface area contributed by atoms with E-state index in [1.807, 2.05) is 24.3 Å². The summed E-state index contributed by atoms with van der Waals surface area (Å²) in [5, 5.41) is 4.00. The molecule has 1 aromatic carbocycles. The van der Waals surface area contributed by atoms with Crippen LogP contribution in [0, 0.1) is 0 Å². The molecule has 0 fully saturated rings. The molecule has 1 aliphatic heterocycles. The van der Waals surface area contributed by atoms with E-state index >= 15 is 0 Å². The van der Waals surface area contributed by atoms with Gasteiger partial charge in [-0.3, -0.25) is 0 Å². The van der Waals surface area contributed by atoms with Gasteiger partial charge in [-0.2, -0.15) is 4.98 Å². The first kappa shape index (κ1) is 13.9. The molecule has 21 heavy (non-hydrogen) atoms. The number of unbranched alkanes of at least 4 members (excludes halogenated alkanes) is 2. The van der Waals surface area contributed by atoms with Crippen molar-refractivity contribution < 1.29 is 14.0 Å². The van der Waals surface area contributed by atoms with Gasteiger partial charge in [0.2, 0.25) is 11.7 Å². The van der Waals surface area contributed by atoms with E-state index in [2.05, 4.69) is 10.1 Å². The van der Waals surface area contributed by atoms with E-state index in [1.165, 1.54) is 0 Å². The average molecular weight is 289 g/mol. The Bertz CT molecular complexity index is 585. The molecular weight excluding hydrogens is 270 g/mol. The first-order chi connectivity index (χ1) is 10.4. The molecule has 3 rings (SSSR count). The molecule has 6 nitrogen and oxygen atoms in total.